The first-order chi connectivity index (χ1) is 15.2. The molecule has 0 fully saturated rings. The standard InChI is InChI=1S/C23H18Cl2F3NO2S/c1-2-31-21-10-3-14(11-15(21)13-32-18-7-4-16(24)5-8-18)22(30)29-17-6-9-20(25)19(12-17)23(26,27)28/h3-12H,2,13H2,1H3,(H,29,30). The van der Waals surface area contributed by atoms with E-state index >= 15 is 0 Å². The number of ether oxygens (including phenoxy) is 1. The summed E-state index contributed by atoms with van der Waals surface area (Å²) in [5.41, 5.74) is 0.0663. The molecule has 3 aromatic rings. The fourth-order valence-corrected chi connectivity index (χ4v) is 4.07. The van der Waals surface area contributed by atoms with Gasteiger partial charge in [-0.3, -0.25) is 4.79 Å². The molecular weight excluding hydrogens is 482 g/mol. The number of carbonyl (C=O) groups is 1. The number of carbonyl (C=O) groups excluding carboxylic acids is 1. The lowest BCUT2D eigenvalue weighted by Gasteiger charge is -2.14. The quantitative estimate of drug-likeness (QED) is 0.335. The van der Waals surface area contributed by atoms with Crippen LogP contribution in [0.1, 0.15) is 28.4 Å². The molecule has 1 amide bonds. The van der Waals surface area contributed by atoms with Crippen molar-refractivity contribution in [1.82, 2.24) is 0 Å². The molecule has 0 bridgehead atoms. The molecule has 0 heterocycles. The maximum Gasteiger partial charge on any atom is 0.417 e. The van der Waals surface area contributed by atoms with Crippen LogP contribution in [0.5, 0.6) is 5.75 Å². The van der Waals surface area contributed by atoms with Gasteiger partial charge in [0.25, 0.3) is 5.91 Å². The summed E-state index contributed by atoms with van der Waals surface area (Å²) in [6, 6.07) is 15.5. The van der Waals surface area contributed by atoms with Gasteiger partial charge in [-0.25, -0.2) is 0 Å². The average Bonchev–Trinajstić information content (AvgIpc) is 2.75. The van der Waals surface area contributed by atoms with E-state index < -0.39 is 22.7 Å². The summed E-state index contributed by atoms with van der Waals surface area (Å²) in [7, 11) is 0. The van der Waals surface area contributed by atoms with Crippen molar-refractivity contribution in [2.45, 2.75) is 23.7 Å². The fourth-order valence-electron chi connectivity index (χ4n) is 2.85. The van der Waals surface area contributed by atoms with Crippen LogP contribution >= 0.6 is 35.0 Å². The second-order valence-electron chi connectivity index (χ2n) is 6.64. The molecule has 0 aliphatic rings. The van der Waals surface area contributed by atoms with Crippen molar-refractivity contribution in [3.05, 3.63) is 87.4 Å². The van der Waals surface area contributed by atoms with Crippen LogP contribution in [0, 0.1) is 0 Å². The van der Waals surface area contributed by atoms with Crippen LogP contribution < -0.4 is 10.1 Å². The topological polar surface area (TPSA) is 38.3 Å². The second kappa shape index (κ2) is 10.5. The van der Waals surface area contributed by atoms with Crippen LogP contribution in [0.4, 0.5) is 18.9 Å². The number of hydrogen-bond acceptors (Lipinski definition) is 3. The molecule has 0 aromatic heterocycles. The minimum atomic E-state index is -4.62. The van der Waals surface area contributed by atoms with E-state index in [9.17, 15) is 18.0 Å². The van der Waals surface area contributed by atoms with E-state index in [0.29, 0.717) is 28.7 Å². The van der Waals surface area contributed by atoms with Crippen LogP contribution in [0.25, 0.3) is 0 Å². The Bertz CT molecular complexity index is 1110. The largest absolute Gasteiger partial charge is 0.494 e. The number of rotatable bonds is 7. The normalized spacial score (nSPS) is 11.3. The molecule has 0 aliphatic carbocycles. The van der Waals surface area contributed by atoms with Crippen molar-refractivity contribution in [2.24, 2.45) is 0 Å². The zero-order valence-electron chi connectivity index (χ0n) is 16.8. The molecule has 0 unspecified atom stereocenters. The molecular formula is C23H18Cl2F3NO2S. The van der Waals surface area contributed by atoms with Crippen molar-refractivity contribution in [3.63, 3.8) is 0 Å². The smallest absolute Gasteiger partial charge is 0.417 e. The third-order valence-corrected chi connectivity index (χ3v) is 6.00. The number of nitrogens with one attached hydrogen (secondary N) is 1. The van der Waals surface area contributed by atoms with Crippen LogP contribution in [-0.4, -0.2) is 12.5 Å². The summed E-state index contributed by atoms with van der Waals surface area (Å²) in [5, 5.41) is 2.70. The molecule has 1 N–H and O–H groups in total. The summed E-state index contributed by atoms with van der Waals surface area (Å²) in [5.74, 6) is 0.620. The predicted molar refractivity (Wildman–Crippen MR) is 123 cm³/mol. The van der Waals surface area contributed by atoms with E-state index in [1.165, 1.54) is 6.07 Å². The van der Waals surface area contributed by atoms with Gasteiger partial charge >= 0.3 is 6.18 Å². The Morgan fingerprint density at radius 1 is 1.03 bits per heavy atom. The first kappa shape index (κ1) is 24.3. The van der Waals surface area contributed by atoms with Crippen molar-refractivity contribution >= 4 is 46.6 Å². The average molecular weight is 500 g/mol. The summed E-state index contributed by atoms with van der Waals surface area (Å²) in [6.07, 6.45) is -4.62. The molecule has 3 aromatic carbocycles. The number of benzene rings is 3. The van der Waals surface area contributed by atoms with Crippen molar-refractivity contribution in [3.8, 4) is 5.75 Å². The molecule has 0 aliphatic heterocycles. The molecule has 168 valence electrons. The third-order valence-electron chi connectivity index (χ3n) is 4.36. The monoisotopic (exact) mass is 499 g/mol. The molecule has 0 saturated carbocycles. The van der Waals surface area contributed by atoms with E-state index in [-0.39, 0.29) is 5.69 Å². The molecule has 0 spiro atoms. The number of amides is 1. The Morgan fingerprint density at radius 3 is 2.41 bits per heavy atom. The molecule has 0 radical (unpaired) electrons. The van der Waals surface area contributed by atoms with Crippen molar-refractivity contribution in [1.29, 1.82) is 0 Å². The van der Waals surface area contributed by atoms with Gasteiger partial charge < -0.3 is 10.1 Å². The van der Waals surface area contributed by atoms with Crippen LogP contribution in [0.3, 0.4) is 0 Å². The van der Waals surface area contributed by atoms with Gasteiger partial charge in [0, 0.05) is 32.5 Å². The van der Waals surface area contributed by atoms with Gasteiger partial charge in [-0.15, -0.1) is 11.8 Å². The van der Waals surface area contributed by atoms with E-state index in [1.807, 2.05) is 19.1 Å². The number of thioether (sulfide) groups is 1. The number of anilines is 1. The van der Waals surface area contributed by atoms with Gasteiger partial charge in [0.1, 0.15) is 5.75 Å². The first-order valence-electron chi connectivity index (χ1n) is 9.49. The number of halogens is 5. The Hall–Kier alpha value is -2.35. The highest BCUT2D eigenvalue weighted by atomic mass is 35.5. The zero-order valence-corrected chi connectivity index (χ0v) is 19.1. The highest BCUT2D eigenvalue weighted by Gasteiger charge is 2.33. The Morgan fingerprint density at radius 2 is 1.75 bits per heavy atom. The highest BCUT2D eigenvalue weighted by molar-refractivity contribution is 7.98. The minimum Gasteiger partial charge on any atom is -0.494 e. The molecule has 32 heavy (non-hydrogen) atoms. The maximum atomic E-state index is 13.1. The predicted octanol–water partition coefficient (Wildman–Crippen LogP) is 7.96. The number of hydrogen-bond donors (Lipinski definition) is 1. The summed E-state index contributed by atoms with van der Waals surface area (Å²) in [4.78, 5) is 13.7. The van der Waals surface area contributed by atoms with E-state index in [0.717, 1.165) is 22.6 Å². The first-order valence-corrected chi connectivity index (χ1v) is 11.2. The molecule has 0 atom stereocenters. The third kappa shape index (κ3) is 6.34. The van der Waals surface area contributed by atoms with Crippen LogP contribution in [0.2, 0.25) is 10.0 Å². The fraction of sp³-hybridized carbons (Fsp3) is 0.174. The zero-order chi connectivity index (χ0) is 23.3. The molecule has 3 rings (SSSR count). The highest BCUT2D eigenvalue weighted by Crippen LogP contribution is 2.36. The van der Waals surface area contributed by atoms with Gasteiger partial charge in [0.2, 0.25) is 0 Å². The van der Waals surface area contributed by atoms with Crippen molar-refractivity contribution in [2.75, 3.05) is 11.9 Å². The lowest BCUT2D eigenvalue weighted by molar-refractivity contribution is -0.137. The molecule has 3 nitrogen and oxygen atoms in total. The Labute approximate surface area is 197 Å². The van der Waals surface area contributed by atoms with Gasteiger partial charge in [-0.2, -0.15) is 13.2 Å². The molecule has 9 heteroatoms. The van der Waals surface area contributed by atoms with E-state index in [1.54, 1.807) is 42.1 Å². The van der Waals surface area contributed by atoms with Crippen LogP contribution in [0.15, 0.2) is 65.6 Å². The second-order valence-corrected chi connectivity index (χ2v) is 8.54. The van der Waals surface area contributed by atoms with Gasteiger partial charge in [0.05, 0.1) is 17.2 Å². The summed E-state index contributed by atoms with van der Waals surface area (Å²) >= 11 is 13.1. The molecule has 0 saturated heterocycles. The lowest BCUT2D eigenvalue weighted by Crippen LogP contribution is -2.14. The summed E-state index contributed by atoms with van der Waals surface area (Å²) < 4.78 is 44.9. The van der Waals surface area contributed by atoms with Gasteiger partial charge in [0.15, 0.2) is 0 Å². The number of alkyl halides is 3. The van der Waals surface area contributed by atoms with Gasteiger partial charge in [-0.05, 0) is 67.6 Å². The minimum absolute atomic E-state index is 0.00213. The van der Waals surface area contributed by atoms with Crippen molar-refractivity contribution < 1.29 is 22.7 Å². The summed E-state index contributed by atoms with van der Waals surface area (Å²) in [6.45, 7) is 2.31. The van der Waals surface area contributed by atoms with E-state index in [2.05, 4.69) is 5.32 Å². The van der Waals surface area contributed by atoms with Crippen LogP contribution in [-0.2, 0) is 11.9 Å². The van der Waals surface area contributed by atoms with E-state index in [4.69, 9.17) is 27.9 Å². The lowest BCUT2D eigenvalue weighted by atomic mass is 10.1. The Balaban J connectivity index is 1.80. The Kier molecular flexibility index (Phi) is 7.98. The maximum absolute atomic E-state index is 13.1. The van der Waals surface area contributed by atoms with Gasteiger partial charge in [-0.1, -0.05) is 23.2 Å². The SMILES string of the molecule is CCOc1ccc(C(=O)Nc2ccc(Cl)c(C(F)(F)F)c2)cc1CSc1ccc(Cl)cc1.